The fraction of sp³-hybridized carbons (Fsp3) is 0.308. The topological polar surface area (TPSA) is 75.8 Å². The largest absolute Gasteiger partial charge is 0.411 e. The minimum absolute atomic E-state index is 0.372. The van der Waals surface area contributed by atoms with Crippen molar-refractivity contribution >= 4 is 17.1 Å². The molecule has 0 radical (unpaired) electrons. The number of hydrogen-bond acceptors (Lipinski definition) is 6. The van der Waals surface area contributed by atoms with Crippen molar-refractivity contribution in [2.75, 3.05) is 14.2 Å². The minimum atomic E-state index is 0.372. The Kier molecular flexibility index (Phi) is 5.53. The Morgan fingerprint density at radius 2 is 1.47 bits per heavy atom. The van der Waals surface area contributed by atoms with Gasteiger partial charge >= 0.3 is 0 Å². The van der Waals surface area contributed by atoms with Crippen LogP contribution >= 0.6 is 0 Å². The molecule has 0 atom stereocenters. The molecule has 0 aliphatic rings. The Labute approximate surface area is 112 Å². The van der Waals surface area contributed by atoms with Crippen molar-refractivity contribution in [3.8, 4) is 0 Å². The summed E-state index contributed by atoms with van der Waals surface area (Å²) in [5, 5.41) is 19.7. The molecule has 1 rings (SSSR count). The first-order valence-corrected chi connectivity index (χ1v) is 5.62. The summed E-state index contributed by atoms with van der Waals surface area (Å²) in [6.07, 6.45) is 0. The summed E-state index contributed by atoms with van der Waals surface area (Å²) >= 11 is 0. The Bertz CT molecular complexity index is 504. The zero-order valence-corrected chi connectivity index (χ0v) is 11.4. The fourth-order valence-electron chi connectivity index (χ4n) is 1.53. The van der Waals surface area contributed by atoms with Gasteiger partial charge in [-0.3, -0.25) is 0 Å². The summed E-state index contributed by atoms with van der Waals surface area (Å²) < 4.78 is 0. The van der Waals surface area contributed by atoms with Crippen molar-refractivity contribution in [1.82, 2.24) is 0 Å². The predicted octanol–water partition coefficient (Wildman–Crippen LogP) is 2.26. The molecule has 0 fully saturated rings. The summed E-state index contributed by atoms with van der Waals surface area (Å²) in [6, 6.07) is 7.44. The van der Waals surface area contributed by atoms with Crippen LogP contribution in [0.5, 0.6) is 0 Å². The van der Waals surface area contributed by atoms with Gasteiger partial charge in [0, 0.05) is 5.56 Å². The van der Waals surface area contributed by atoms with Gasteiger partial charge in [0.1, 0.15) is 25.6 Å². The molecule has 6 heteroatoms. The fourth-order valence-corrected chi connectivity index (χ4v) is 1.53. The van der Waals surface area contributed by atoms with Crippen molar-refractivity contribution < 1.29 is 14.9 Å². The third-order valence-electron chi connectivity index (χ3n) is 2.48. The monoisotopic (exact) mass is 263 g/mol. The van der Waals surface area contributed by atoms with E-state index >= 15 is 0 Å². The molecule has 0 unspecified atom stereocenters. The maximum absolute atomic E-state index is 8.82. The SMILES string of the molecule is CO/N=C(\C)c1ccc(C(=N\OC)/C(C)=N/O)cc1. The zero-order chi connectivity index (χ0) is 14.3. The molecule has 102 valence electrons. The average molecular weight is 263 g/mol. The van der Waals surface area contributed by atoms with Crippen molar-refractivity contribution in [2.45, 2.75) is 13.8 Å². The molecule has 1 aromatic carbocycles. The summed E-state index contributed by atoms with van der Waals surface area (Å²) in [4.78, 5) is 9.47. The van der Waals surface area contributed by atoms with E-state index in [9.17, 15) is 0 Å². The number of rotatable bonds is 5. The van der Waals surface area contributed by atoms with Gasteiger partial charge in [0.25, 0.3) is 0 Å². The quantitative estimate of drug-likeness (QED) is 0.503. The maximum atomic E-state index is 8.82. The number of oxime groups is 3. The third kappa shape index (κ3) is 3.80. The van der Waals surface area contributed by atoms with Gasteiger partial charge < -0.3 is 14.9 Å². The molecule has 19 heavy (non-hydrogen) atoms. The zero-order valence-electron chi connectivity index (χ0n) is 11.4. The van der Waals surface area contributed by atoms with E-state index < -0.39 is 0 Å². The van der Waals surface area contributed by atoms with Crippen molar-refractivity contribution in [2.24, 2.45) is 15.5 Å². The van der Waals surface area contributed by atoms with Crippen LogP contribution in [0.1, 0.15) is 25.0 Å². The molecule has 0 aliphatic carbocycles. The Morgan fingerprint density at radius 3 is 1.95 bits per heavy atom. The summed E-state index contributed by atoms with van der Waals surface area (Å²) in [6.45, 7) is 3.49. The number of nitrogens with zero attached hydrogens (tertiary/aromatic N) is 3. The lowest BCUT2D eigenvalue weighted by Gasteiger charge is -2.05. The van der Waals surface area contributed by atoms with E-state index in [4.69, 9.17) is 14.9 Å². The molecule has 0 amide bonds. The summed E-state index contributed by atoms with van der Waals surface area (Å²) in [7, 11) is 2.94. The number of hydrogen-bond donors (Lipinski definition) is 1. The predicted molar refractivity (Wildman–Crippen MR) is 74.1 cm³/mol. The minimum Gasteiger partial charge on any atom is -0.411 e. The van der Waals surface area contributed by atoms with E-state index in [-0.39, 0.29) is 0 Å². The highest BCUT2D eigenvalue weighted by atomic mass is 16.6. The molecule has 1 aromatic rings. The first-order valence-electron chi connectivity index (χ1n) is 5.62. The van der Waals surface area contributed by atoms with Crippen LogP contribution in [-0.4, -0.2) is 36.6 Å². The molecular formula is C13H17N3O3. The molecule has 0 saturated heterocycles. The molecule has 0 bridgehead atoms. The van der Waals surface area contributed by atoms with E-state index in [1.807, 2.05) is 31.2 Å². The van der Waals surface area contributed by atoms with E-state index in [1.54, 1.807) is 6.92 Å². The highest BCUT2D eigenvalue weighted by molar-refractivity contribution is 6.47. The summed E-state index contributed by atoms with van der Waals surface area (Å²) in [5.74, 6) is 0. The highest BCUT2D eigenvalue weighted by Crippen LogP contribution is 2.09. The average Bonchev–Trinajstić information content (AvgIpc) is 2.44. The normalized spacial score (nSPS) is 13.4. The molecule has 0 heterocycles. The van der Waals surface area contributed by atoms with Crippen LogP contribution in [0.3, 0.4) is 0 Å². The third-order valence-corrected chi connectivity index (χ3v) is 2.48. The van der Waals surface area contributed by atoms with Crippen LogP contribution in [0.4, 0.5) is 0 Å². The van der Waals surface area contributed by atoms with Crippen molar-refractivity contribution in [1.29, 1.82) is 0 Å². The van der Waals surface area contributed by atoms with E-state index in [1.165, 1.54) is 14.2 Å². The van der Waals surface area contributed by atoms with Crippen molar-refractivity contribution in [3.63, 3.8) is 0 Å². The van der Waals surface area contributed by atoms with E-state index in [0.29, 0.717) is 11.4 Å². The van der Waals surface area contributed by atoms with Gasteiger partial charge in [0.05, 0.1) is 5.71 Å². The summed E-state index contributed by atoms with van der Waals surface area (Å²) in [5.41, 5.74) is 3.33. The molecule has 0 aliphatic heterocycles. The lowest BCUT2D eigenvalue weighted by atomic mass is 10.0. The van der Waals surface area contributed by atoms with Crippen LogP contribution in [-0.2, 0) is 9.68 Å². The van der Waals surface area contributed by atoms with Crippen LogP contribution in [0.2, 0.25) is 0 Å². The van der Waals surface area contributed by atoms with E-state index in [0.717, 1.165) is 16.8 Å². The van der Waals surface area contributed by atoms with Gasteiger partial charge in [-0.05, 0) is 19.4 Å². The van der Waals surface area contributed by atoms with Crippen LogP contribution in [0, 0.1) is 0 Å². The second kappa shape index (κ2) is 7.15. The first-order chi connectivity index (χ1) is 9.13. The second-order valence-electron chi connectivity index (χ2n) is 3.74. The Balaban J connectivity index is 3.10. The Morgan fingerprint density at radius 1 is 0.947 bits per heavy atom. The van der Waals surface area contributed by atoms with Gasteiger partial charge in [0.2, 0.25) is 0 Å². The van der Waals surface area contributed by atoms with Gasteiger partial charge in [0.15, 0.2) is 0 Å². The van der Waals surface area contributed by atoms with E-state index in [2.05, 4.69) is 15.5 Å². The van der Waals surface area contributed by atoms with Crippen LogP contribution < -0.4 is 0 Å². The smallest absolute Gasteiger partial charge is 0.134 e. The number of benzene rings is 1. The van der Waals surface area contributed by atoms with Gasteiger partial charge in [-0.1, -0.05) is 39.7 Å². The van der Waals surface area contributed by atoms with Crippen molar-refractivity contribution in [3.05, 3.63) is 35.4 Å². The molecule has 0 spiro atoms. The Hall–Kier alpha value is -2.37. The lowest BCUT2D eigenvalue weighted by Crippen LogP contribution is -2.13. The van der Waals surface area contributed by atoms with Crippen LogP contribution in [0.15, 0.2) is 39.7 Å². The molecular weight excluding hydrogens is 246 g/mol. The molecule has 0 aromatic heterocycles. The molecule has 1 N–H and O–H groups in total. The van der Waals surface area contributed by atoms with Crippen LogP contribution in [0.25, 0.3) is 0 Å². The van der Waals surface area contributed by atoms with Gasteiger partial charge in [-0.2, -0.15) is 0 Å². The maximum Gasteiger partial charge on any atom is 0.134 e. The van der Waals surface area contributed by atoms with Gasteiger partial charge in [-0.15, -0.1) is 0 Å². The standard InChI is InChI=1S/C13H17N3O3/c1-9(15-18-3)11-5-7-12(8-6-11)13(16-19-4)10(2)14-17/h5-8,17H,1-4H3/b14-10+,15-9+,16-13-. The van der Waals surface area contributed by atoms with Gasteiger partial charge in [-0.25, -0.2) is 0 Å². The molecule has 6 nitrogen and oxygen atoms in total. The molecule has 0 saturated carbocycles. The lowest BCUT2D eigenvalue weighted by molar-refractivity contribution is 0.213. The first kappa shape index (κ1) is 14.7. The highest BCUT2D eigenvalue weighted by Gasteiger charge is 2.09. The second-order valence-corrected chi connectivity index (χ2v) is 3.74.